The van der Waals surface area contributed by atoms with Crippen LogP contribution in [0.3, 0.4) is 0 Å². The van der Waals surface area contributed by atoms with Gasteiger partial charge in [-0.1, -0.05) is 36.4 Å². The topological polar surface area (TPSA) is 84.6 Å². The Bertz CT molecular complexity index is 1010. The van der Waals surface area contributed by atoms with Crippen LogP contribution in [0.25, 0.3) is 0 Å². The fourth-order valence-corrected chi connectivity index (χ4v) is 5.44. The fraction of sp³-hybridized carbons (Fsp3) is 0.435. The van der Waals surface area contributed by atoms with E-state index in [-0.39, 0.29) is 5.25 Å². The van der Waals surface area contributed by atoms with Crippen LogP contribution >= 0.6 is 0 Å². The standard InChI is InChI=1S/C23H29N3O2S/c1-16(13-14-17-7-3-2-4-8-17)29(24,28)26-23(27)25-22-20-11-5-9-18(20)15-19-10-6-12-21(19)22/h2-4,7-8,15-16H,5-6,9-14H2,1H3,(H3,24,25,26,27,28)/t16-,29?/m1/s1. The van der Waals surface area contributed by atoms with Gasteiger partial charge in [-0.3, -0.25) is 0 Å². The van der Waals surface area contributed by atoms with Crippen LogP contribution in [0.1, 0.15) is 54.0 Å². The number of nitrogens with two attached hydrogens (primary N) is 1. The number of nitrogens with zero attached hydrogens (tertiary/aromatic N) is 1. The largest absolute Gasteiger partial charge is 0.354 e. The van der Waals surface area contributed by atoms with Crippen molar-refractivity contribution < 1.29 is 9.00 Å². The predicted molar refractivity (Wildman–Crippen MR) is 118 cm³/mol. The number of amides is 2. The molecule has 2 aromatic rings. The first kappa shape index (κ1) is 20.1. The summed E-state index contributed by atoms with van der Waals surface area (Å²) in [6.45, 7) is 1.81. The molecule has 0 radical (unpaired) electrons. The molecule has 4 rings (SSSR count). The third kappa shape index (κ3) is 4.38. The summed E-state index contributed by atoms with van der Waals surface area (Å²) in [6, 6.07) is 11.7. The number of urea groups is 1. The number of nitrogens with one attached hydrogen (secondary N) is 1. The van der Waals surface area contributed by atoms with Gasteiger partial charge in [-0.15, -0.1) is 4.36 Å². The van der Waals surface area contributed by atoms with E-state index in [4.69, 9.17) is 5.14 Å². The summed E-state index contributed by atoms with van der Waals surface area (Å²) in [7, 11) is -3.11. The lowest BCUT2D eigenvalue weighted by atomic mass is 9.99. The number of fused-ring (bicyclic) bond motifs is 2. The highest BCUT2D eigenvalue weighted by Gasteiger charge is 2.25. The van der Waals surface area contributed by atoms with E-state index < -0.39 is 15.9 Å². The van der Waals surface area contributed by atoms with Crippen molar-refractivity contribution in [1.29, 1.82) is 0 Å². The van der Waals surface area contributed by atoms with Crippen LogP contribution in [-0.4, -0.2) is 15.5 Å². The third-order valence-corrected chi connectivity index (χ3v) is 8.03. The van der Waals surface area contributed by atoms with E-state index in [1.807, 2.05) is 30.3 Å². The molecule has 0 fully saturated rings. The average molecular weight is 412 g/mol. The molecule has 2 atom stereocenters. The van der Waals surface area contributed by atoms with Crippen molar-refractivity contribution in [3.63, 3.8) is 0 Å². The first-order chi connectivity index (χ1) is 13.9. The lowest BCUT2D eigenvalue weighted by molar-refractivity contribution is 0.260. The molecule has 3 N–H and O–H groups in total. The van der Waals surface area contributed by atoms with Crippen molar-refractivity contribution in [1.82, 2.24) is 0 Å². The minimum atomic E-state index is -3.11. The Labute approximate surface area is 173 Å². The van der Waals surface area contributed by atoms with E-state index in [2.05, 4.69) is 15.7 Å². The lowest BCUT2D eigenvalue weighted by Crippen LogP contribution is -2.28. The highest BCUT2D eigenvalue weighted by molar-refractivity contribution is 7.92. The summed E-state index contributed by atoms with van der Waals surface area (Å²) in [6.07, 6.45) is 7.68. The molecule has 1 unspecified atom stereocenters. The number of hydrogen-bond donors (Lipinski definition) is 2. The van der Waals surface area contributed by atoms with Gasteiger partial charge in [0.25, 0.3) is 0 Å². The molecule has 6 heteroatoms. The van der Waals surface area contributed by atoms with Gasteiger partial charge in [0.15, 0.2) is 0 Å². The van der Waals surface area contributed by atoms with Crippen LogP contribution in [0.2, 0.25) is 0 Å². The number of carbonyl (C=O) groups excluding carboxylic acids is 1. The van der Waals surface area contributed by atoms with Crippen LogP contribution in [0.4, 0.5) is 10.5 Å². The van der Waals surface area contributed by atoms with E-state index in [0.717, 1.165) is 56.2 Å². The van der Waals surface area contributed by atoms with E-state index in [9.17, 15) is 9.00 Å². The number of anilines is 1. The predicted octanol–water partition coefficient (Wildman–Crippen LogP) is 4.56. The maximum Gasteiger partial charge on any atom is 0.354 e. The minimum absolute atomic E-state index is 0.374. The molecule has 29 heavy (non-hydrogen) atoms. The molecule has 0 aliphatic heterocycles. The Hall–Kier alpha value is -2.18. The summed E-state index contributed by atoms with van der Waals surface area (Å²) in [4.78, 5) is 12.7. The van der Waals surface area contributed by atoms with Gasteiger partial charge in [-0.05, 0) is 86.1 Å². The van der Waals surface area contributed by atoms with Gasteiger partial charge in [0.2, 0.25) is 0 Å². The molecule has 0 spiro atoms. The molecule has 5 nitrogen and oxygen atoms in total. The number of hydrogen-bond acceptors (Lipinski definition) is 2. The van der Waals surface area contributed by atoms with Gasteiger partial charge in [0.1, 0.15) is 9.92 Å². The molecule has 0 bridgehead atoms. The summed E-state index contributed by atoms with van der Waals surface area (Å²) in [5, 5.41) is 8.59. The Morgan fingerprint density at radius 3 is 2.34 bits per heavy atom. The van der Waals surface area contributed by atoms with Gasteiger partial charge in [-0.2, -0.15) is 0 Å². The average Bonchev–Trinajstić information content (AvgIpc) is 3.35. The summed E-state index contributed by atoms with van der Waals surface area (Å²) >= 11 is 0. The summed E-state index contributed by atoms with van der Waals surface area (Å²) in [5.74, 6) is 0. The molecule has 0 saturated carbocycles. The monoisotopic (exact) mass is 411 g/mol. The number of aryl methyl sites for hydroxylation is 3. The maximum absolute atomic E-state index is 12.9. The smallest absolute Gasteiger partial charge is 0.305 e. The molecule has 2 aliphatic carbocycles. The van der Waals surface area contributed by atoms with Crippen LogP contribution in [0.15, 0.2) is 40.8 Å². The first-order valence-corrected chi connectivity index (χ1v) is 12.1. The van der Waals surface area contributed by atoms with Crippen LogP contribution in [0.5, 0.6) is 0 Å². The Balaban J connectivity index is 1.50. The fourth-order valence-electron chi connectivity index (χ4n) is 4.50. The van der Waals surface area contributed by atoms with Crippen molar-refractivity contribution in [2.75, 3.05) is 5.32 Å². The zero-order chi connectivity index (χ0) is 20.4. The molecule has 0 heterocycles. The number of rotatable bonds is 5. The van der Waals surface area contributed by atoms with Crippen LogP contribution < -0.4 is 10.5 Å². The molecule has 0 aromatic heterocycles. The van der Waals surface area contributed by atoms with Crippen molar-refractivity contribution in [3.8, 4) is 0 Å². The molecule has 2 aromatic carbocycles. The zero-order valence-electron chi connectivity index (χ0n) is 16.9. The van der Waals surface area contributed by atoms with Crippen molar-refractivity contribution in [2.45, 2.75) is 63.5 Å². The molecule has 2 amide bonds. The molecule has 0 saturated heterocycles. The van der Waals surface area contributed by atoms with Gasteiger partial charge < -0.3 is 5.32 Å². The van der Waals surface area contributed by atoms with Gasteiger partial charge in [-0.25, -0.2) is 14.1 Å². The van der Waals surface area contributed by atoms with Gasteiger partial charge in [0.05, 0.1) is 5.25 Å². The second kappa shape index (κ2) is 8.28. The highest BCUT2D eigenvalue weighted by Crippen LogP contribution is 2.38. The van der Waals surface area contributed by atoms with E-state index in [0.29, 0.717) is 6.42 Å². The van der Waals surface area contributed by atoms with E-state index in [1.54, 1.807) is 6.92 Å². The normalized spacial score (nSPS) is 17.9. The second-order valence-electron chi connectivity index (χ2n) is 8.20. The Morgan fingerprint density at radius 2 is 1.72 bits per heavy atom. The summed E-state index contributed by atoms with van der Waals surface area (Å²) in [5.41, 5.74) is 7.21. The highest BCUT2D eigenvalue weighted by atomic mass is 32.2. The van der Waals surface area contributed by atoms with E-state index >= 15 is 0 Å². The van der Waals surface area contributed by atoms with Crippen molar-refractivity contribution in [3.05, 3.63) is 64.2 Å². The Kier molecular flexibility index (Phi) is 5.74. The lowest BCUT2D eigenvalue weighted by Gasteiger charge is -2.16. The molecular formula is C23H29N3O2S. The van der Waals surface area contributed by atoms with E-state index in [1.165, 1.54) is 22.3 Å². The van der Waals surface area contributed by atoms with Gasteiger partial charge >= 0.3 is 6.03 Å². The number of carbonyl (C=O) groups is 1. The van der Waals surface area contributed by atoms with Gasteiger partial charge in [0, 0.05) is 5.69 Å². The summed E-state index contributed by atoms with van der Waals surface area (Å²) < 4.78 is 16.8. The quantitative estimate of drug-likeness (QED) is 0.756. The first-order valence-electron chi connectivity index (χ1n) is 10.5. The SMILES string of the molecule is C[C@H](CCc1ccccc1)S(N)(=O)=NC(=O)Nc1c2c(cc3c1CCC3)CCC2. The van der Waals surface area contributed by atoms with Crippen molar-refractivity contribution in [2.24, 2.45) is 9.50 Å². The van der Waals surface area contributed by atoms with Crippen LogP contribution in [-0.2, 0) is 42.0 Å². The molecule has 2 aliphatic rings. The Morgan fingerprint density at radius 1 is 1.10 bits per heavy atom. The molecule has 154 valence electrons. The third-order valence-electron chi connectivity index (χ3n) is 6.19. The second-order valence-corrected chi connectivity index (χ2v) is 10.4. The van der Waals surface area contributed by atoms with Crippen LogP contribution in [0, 0.1) is 0 Å². The number of benzene rings is 2. The van der Waals surface area contributed by atoms with Crippen molar-refractivity contribution >= 4 is 21.6 Å². The zero-order valence-corrected chi connectivity index (χ0v) is 17.8. The molecular weight excluding hydrogens is 382 g/mol. The maximum atomic E-state index is 12.9. The minimum Gasteiger partial charge on any atom is -0.305 e.